The number of nitrogens with zero attached hydrogens (tertiary/aromatic N) is 1. The second-order valence-electron chi connectivity index (χ2n) is 8.61. The molecule has 1 heterocycles. The second-order valence-corrected chi connectivity index (χ2v) is 8.61. The lowest BCUT2D eigenvalue weighted by Gasteiger charge is -2.53. The van der Waals surface area contributed by atoms with Gasteiger partial charge in [-0.15, -0.1) is 0 Å². The summed E-state index contributed by atoms with van der Waals surface area (Å²) in [5.74, 6) is 0. The Balaban J connectivity index is 1.77. The molecule has 3 rings (SSSR count). The van der Waals surface area contributed by atoms with Crippen LogP contribution in [0.1, 0.15) is 52.1 Å². The summed E-state index contributed by atoms with van der Waals surface area (Å²) in [5, 5.41) is 3.03. The summed E-state index contributed by atoms with van der Waals surface area (Å²) in [6, 6.07) is 10.4. The molecule has 0 aromatic heterocycles. The minimum Gasteiger partial charge on any atom is -0.444 e. The molecule has 1 aromatic rings. The van der Waals surface area contributed by atoms with Crippen LogP contribution < -0.4 is 5.32 Å². The molecule has 1 amide bonds. The topological polar surface area (TPSA) is 41.6 Å². The van der Waals surface area contributed by atoms with Gasteiger partial charge in [0.25, 0.3) is 0 Å². The molecule has 2 fully saturated rings. The number of amides is 1. The van der Waals surface area contributed by atoms with E-state index >= 15 is 0 Å². The summed E-state index contributed by atoms with van der Waals surface area (Å²) in [7, 11) is 0. The number of hydrogen-bond acceptors (Lipinski definition) is 3. The third-order valence-corrected chi connectivity index (χ3v) is 5.85. The molecule has 1 saturated carbocycles. The number of halogens is 1. The van der Waals surface area contributed by atoms with E-state index in [0.29, 0.717) is 13.1 Å². The number of benzene rings is 1. The molecule has 1 N–H and O–H groups in total. The van der Waals surface area contributed by atoms with Gasteiger partial charge in [-0.1, -0.05) is 30.3 Å². The number of alkyl carbamates (subject to hydrolysis) is 1. The molecule has 1 aromatic carbocycles. The van der Waals surface area contributed by atoms with Crippen LogP contribution in [0.5, 0.6) is 0 Å². The normalized spacial score (nSPS) is 30.3. The van der Waals surface area contributed by atoms with E-state index in [1.807, 2.05) is 39.0 Å². The fraction of sp³-hybridized carbons (Fsp3) is 0.650. The fourth-order valence-corrected chi connectivity index (χ4v) is 4.24. The van der Waals surface area contributed by atoms with Gasteiger partial charge >= 0.3 is 6.09 Å². The van der Waals surface area contributed by atoms with Crippen LogP contribution in [-0.2, 0) is 4.74 Å². The van der Waals surface area contributed by atoms with Crippen molar-refractivity contribution in [2.45, 2.75) is 57.7 Å². The molecular formula is C20H29FN2O2. The van der Waals surface area contributed by atoms with E-state index in [4.69, 9.17) is 4.74 Å². The predicted octanol–water partition coefficient (Wildman–Crippen LogP) is 4.08. The van der Waals surface area contributed by atoms with Crippen molar-refractivity contribution >= 4 is 6.09 Å². The second kappa shape index (κ2) is 6.27. The molecular weight excluding hydrogens is 319 g/mol. The summed E-state index contributed by atoms with van der Waals surface area (Å²) in [5.41, 5.74) is -0.358. The molecule has 0 radical (unpaired) electrons. The van der Waals surface area contributed by atoms with E-state index in [2.05, 4.69) is 29.3 Å². The first kappa shape index (κ1) is 18.2. The number of ether oxygens (including phenoxy) is 1. The monoisotopic (exact) mass is 348 g/mol. The number of carbonyl (C=O) groups excluding carboxylic acids is 1. The van der Waals surface area contributed by atoms with Crippen LogP contribution in [-0.4, -0.2) is 41.9 Å². The molecule has 25 heavy (non-hydrogen) atoms. The Bertz CT molecular complexity index is 626. The number of nitrogens with one attached hydrogen (secondary N) is 1. The van der Waals surface area contributed by atoms with E-state index in [1.165, 1.54) is 5.56 Å². The molecule has 1 saturated heterocycles. The van der Waals surface area contributed by atoms with E-state index in [-0.39, 0.29) is 6.04 Å². The number of fused-ring (bicyclic) bond motifs is 1. The zero-order valence-electron chi connectivity index (χ0n) is 15.6. The van der Waals surface area contributed by atoms with Crippen molar-refractivity contribution in [1.82, 2.24) is 10.2 Å². The highest BCUT2D eigenvalue weighted by molar-refractivity contribution is 5.69. The maximum Gasteiger partial charge on any atom is 0.408 e. The first-order valence-electron chi connectivity index (χ1n) is 9.06. The number of alkyl halides is 1. The molecule has 4 nitrogen and oxygen atoms in total. The largest absolute Gasteiger partial charge is 0.444 e. The highest BCUT2D eigenvalue weighted by Crippen LogP contribution is 2.56. The lowest BCUT2D eigenvalue weighted by Crippen LogP contribution is -2.68. The SMILES string of the molecule is C[C@H](c1ccccc1)N1C[C@@]2(CF)CC[C@@]2(NC(=O)OC(C)(C)C)C1. The average molecular weight is 348 g/mol. The Morgan fingerprint density at radius 2 is 1.96 bits per heavy atom. The van der Waals surface area contributed by atoms with Gasteiger partial charge in [0, 0.05) is 24.5 Å². The van der Waals surface area contributed by atoms with Crippen LogP contribution in [0.15, 0.2) is 30.3 Å². The molecule has 1 aliphatic carbocycles. The van der Waals surface area contributed by atoms with Crippen molar-refractivity contribution in [3.8, 4) is 0 Å². The minimum absolute atomic E-state index is 0.188. The summed E-state index contributed by atoms with van der Waals surface area (Å²) >= 11 is 0. The summed E-state index contributed by atoms with van der Waals surface area (Å²) in [4.78, 5) is 14.6. The summed E-state index contributed by atoms with van der Waals surface area (Å²) in [6.45, 7) is 8.57. The van der Waals surface area contributed by atoms with E-state index in [9.17, 15) is 9.18 Å². The minimum atomic E-state index is -0.557. The third-order valence-electron chi connectivity index (χ3n) is 5.85. The van der Waals surface area contributed by atoms with Crippen molar-refractivity contribution in [3.63, 3.8) is 0 Å². The third kappa shape index (κ3) is 3.26. The van der Waals surface area contributed by atoms with Crippen molar-refractivity contribution < 1.29 is 13.9 Å². The molecule has 0 bridgehead atoms. The van der Waals surface area contributed by atoms with E-state index < -0.39 is 29.3 Å². The number of hydrogen-bond donors (Lipinski definition) is 1. The molecule has 5 heteroatoms. The smallest absolute Gasteiger partial charge is 0.408 e. The van der Waals surface area contributed by atoms with Gasteiger partial charge in [0.05, 0.1) is 12.2 Å². The molecule has 1 aliphatic heterocycles. The maximum absolute atomic E-state index is 14.0. The quantitative estimate of drug-likeness (QED) is 0.891. The standard InChI is InChI=1S/C20H29FN2O2/c1-15(16-8-6-5-7-9-16)23-13-19(12-21)10-11-20(19,14-23)22-17(24)25-18(2,3)4/h5-9,15H,10-14H2,1-4H3,(H,22,24)/t15-,19+,20-/m1/s1. The predicted molar refractivity (Wildman–Crippen MR) is 96.2 cm³/mol. The lowest BCUT2D eigenvalue weighted by atomic mass is 9.57. The van der Waals surface area contributed by atoms with Gasteiger partial charge in [0.1, 0.15) is 5.60 Å². The van der Waals surface area contributed by atoms with Crippen LogP contribution in [0.2, 0.25) is 0 Å². The summed E-state index contributed by atoms with van der Waals surface area (Å²) in [6.07, 6.45) is 1.16. The van der Waals surface area contributed by atoms with Gasteiger partial charge in [-0.25, -0.2) is 4.79 Å². The molecule has 0 spiro atoms. The Kier molecular flexibility index (Phi) is 4.56. The van der Waals surface area contributed by atoms with Crippen molar-refractivity contribution in [2.75, 3.05) is 19.8 Å². The van der Waals surface area contributed by atoms with Gasteiger partial charge in [-0.2, -0.15) is 0 Å². The van der Waals surface area contributed by atoms with Gasteiger partial charge in [-0.05, 0) is 46.1 Å². The average Bonchev–Trinajstić information content (AvgIpc) is 2.75. The Morgan fingerprint density at radius 3 is 2.48 bits per heavy atom. The van der Waals surface area contributed by atoms with Gasteiger partial charge in [-0.3, -0.25) is 9.29 Å². The lowest BCUT2D eigenvalue weighted by molar-refractivity contribution is -0.0183. The molecule has 0 unspecified atom stereocenters. The highest BCUT2D eigenvalue weighted by atomic mass is 19.1. The number of rotatable bonds is 4. The Labute approximate surface area is 149 Å². The van der Waals surface area contributed by atoms with Crippen LogP contribution in [0, 0.1) is 5.41 Å². The zero-order chi connectivity index (χ0) is 18.3. The van der Waals surface area contributed by atoms with Crippen LogP contribution in [0.4, 0.5) is 9.18 Å². The van der Waals surface area contributed by atoms with E-state index in [1.54, 1.807) is 0 Å². The maximum atomic E-state index is 14.0. The Morgan fingerprint density at radius 1 is 1.28 bits per heavy atom. The summed E-state index contributed by atoms with van der Waals surface area (Å²) < 4.78 is 19.5. The van der Waals surface area contributed by atoms with Crippen LogP contribution >= 0.6 is 0 Å². The first-order valence-corrected chi connectivity index (χ1v) is 9.06. The first-order chi connectivity index (χ1) is 11.7. The number of carbonyl (C=O) groups is 1. The number of likely N-dealkylation sites (tertiary alicyclic amines) is 1. The zero-order valence-corrected chi connectivity index (χ0v) is 15.6. The van der Waals surface area contributed by atoms with Crippen LogP contribution in [0.3, 0.4) is 0 Å². The molecule has 3 atom stereocenters. The van der Waals surface area contributed by atoms with Crippen LogP contribution in [0.25, 0.3) is 0 Å². The van der Waals surface area contributed by atoms with Gasteiger partial charge in [0.15, 0.2) is 0 Å². The van der Waals surface area contributed by atoms with E-state index in [0.717, 1.165) is 12.8 Å². The fourth-order valence-electron chi connectivity index (χ4n) is 4.24. The van der Waals surface area contributed by atoms with Crippen molar-refractivity contribution in [2.24, 2.45) is 5.41 Å². The Hall–Kier alpha value is -1.62. The van der Waals surface area contributed by atoms with Crippen molar-refractivity contribution in [3.05, 3.63) is 35.9 Å². The molecule has 138 valence electrons. The van der Waals surface area contributed by atoms with Crippen molar-refractivity contribution in [1.29, 1.82) is 0 Å². The van der Waals surface area contributed by atoms with Gasteiger partial charge < -0.3 is 10.1 Å². The van der Waals surface area contributed by atoms with Gasteiger partial charge in [0.2, 0.25) is 0 Å². The molecule has 2 aliphatic rings. The highest BCUT2D eigenvalue weighted by Gasteiger charge is 2.65.